The molecule has 25 heavy (non-hydrogen) atoms. The molecule has 0 spiro atoms. The van der Waals surface area contributed by atoms with Gasteiger partial charge in [0.25, 0.3) is 5.91 Å². The number of nitrogens with two attached hydrogens (primary N) is 2. The number of nitrogens with zero attached hydrogens (tertiary/aromatic N) is 3. The molecule has 0 unspecified atom stereocenters. The van der Waals surface area contributed by atoms with Crippen molar-refractivity contribution in [2.24, 2.45) is 16.5 Å². The number of aromatic nitrogens is 1. The van der Waals surface area contributed by atoms with Gasteiger partial charge in [0, 0.05) is 12.1 Å². The number of ether oxygens (including phenoxy) is 1. The van der Waals surface area contributed by atoms with E-state index in [4.69, 9.17) is 21.6 Å². The summed E-state index contributed by atoms with van der Waals surface area (Å²) in [5.41, 5.74) is 14.3. The van der Waals surface area contributed by atoms with Crippen LogP contribution in [0.25, 0.3) is 0 Å². The van der Waals surface area contributed by atoms with Crippen molar-refractivity contribution >= 4 is 23.9 Å². The molecule has 5 N–H and O–H groups in total. The molecule has 0 atom stereocenters. The Morgan fingerprint density at radius 2 is 2.28 bits per heavy atom. The summed E-state index contributed by atoms with van der Waals surface area (Å²) in [5, 5.41) is 7.00. The van der Waals surface area contributed by atoms with E-state index in [-0.39, 0.29) is 11.7 Å². The molecule has 1 amide bonds. The molecule has 8 nitrogen and oxygen atoms in total. The second kappa shape index (κ2) is 6.70. The van der Waals surface area contributed by atoms with Crippen LogP contribution >= 0.6 is 0 Å². The van der Waals surface area contributed by atoms with Gasteiger partial charge in [0.15, 0.2) is 5.84 Å². The van der Waals surface area contributed by atoms with Crippen LogP contribution in [0.2, 0.25) is 0 Å². The van der Waals surface area contributed by atoms with Crippen LogP contribution in [0.15, 0.2) is 35.3 Å². The lowest BCUT2D eigenvalue weighted by atomic mass is 10.0. The van der Waals surface area contributed by atoms with E-state index in [0.717, 1.165) is 17.5 Å². The number of hydrogen-bond donors (Lipinski definition) is 3. The Morgan fingerprint density at radius 1 is 1.48 bits per heavy atom. The molecule has 1 aromatic heterocycles. The molecule has 0 radical (unpaired) electrons. The molecular formula is C17H18N6O2. The van der Waals surface area contributed by atoms with Crippen LogP contribution in [-0.2, 0) is 13.1 Å². The highest BCUT2D eigenvalue weighted by Gasteiger charge is 2.32. The van der Waals surface area contributed by atoms with Crippen LogP contribution in [0.4, 0.5) is 5.82 Å². The number of pyridine rings is 1. The number of benzene rings is 1. The van der Waals surface area contributed by atoms with E-state index in [9.17, 15) is 4.79 Å². The highest BCUT2D eigenvalue weighted by molar-refractivity contribution is 6.10. The van der Waals surface area contributed by atoms with E-state index in [0.29, 0.717) is 35.9 Å². The standard InChI is InChI=1S/C17H18N6O2/c1-25-11-5-10(7-18)13-8-23(17(24)12(13)6-11)15-4-2-3-14(22-15)16(20)21-9-19/h2-6,9H,7-8,18H2,1H3,(H3,19,20,21). The molecular weight excluding hydrogens is 320 g/mol. The fraction of sp³-hybridized carbons (Fsp3) is 0.176. The molecule has 128 valence electrons. The number of aliphatic imine (C=N–C) groups is 1. The van der Waals surface area contributed by atoms with Crippen molar-refractivity contribution in [2.45, 2.75) is 13.1 Å². The molecule has 0 saturated carbocycles. The number of hydrogen-bond acceptors (Lipinski definition) is 5. The predicted octanol–water partition coefficient (Wildman–Crippen LogP) is 1.02. The molecule has 0 fully saturated rings. The van der Waals surface area contributed by atoms with Crippen molar-refractivity contribution in [3.63, 3.8) is 0 Å². The van der Waals surface area contributed by atoms with Gasteiger partial charge in [-0.1, -0.05) is 6.07 Å². The second-order valence-electron chi connectivity index (χ2n) is 5.43. The first-order chi connectivity index (χ1) is 12.1. The number of carbonyl (C=O) groups excluding carboxylic acids is 1. The lowest BCUT2D eigenvalue weighted by molar-refractivity contribution is 0.0995. The number of anilines is 1. The first kappa shape index (κ1) is 16.6. The van der Waals surface area contributed by atoms with E-state index >= 15 is 0 Å². The van der Waals surface area contributed by atoms with Crippen LogP contribution in [0, 0.1) is 5.41 Å². The molecule has 1 aromatic carbocycles. The van der Waals surface area contributed by atoms with Gasteiger partial charge in [0.05, 0.1) is 13.7 Å². The summed E-state index contributed by atoms with van der Waals surface area (Å²) in [6.45, 7) is 0.690. The zero-order chi connectivity index (χ0) is 18.0. The number of rotatable bonds is 5. The second-order valence-corrected chi connectivity index (χ2v) is 5.43. The minimum Gasteiger partial charge on any atom is -0.497 e. The largest absolute Gasteiger partial charge is 0.497 e. The quantitative estimate of drug-likeness (QED) is 0.553. The van der Waals surface area contributed by atoms with E-state index < -0.39 is 0 Å². The normalized spacial score (nSPS) is 13.8. The summed E-state index contributed by atoms with van der Waals surface area (Å²) in [5.74, 6) is 1.00. The Morgan fingerprint density at radius 3 is 2.96 bits per heavy atom. The molecule has 0 bridgehead atoms. The molecule has 3 rings (SSSR count). The highest BCUT2D eigenvalue weighted by Crippen LogP contribution is 2.32. The Hall–Kier alpha value is -3.26. The first-order valence-electron chi connectivity index (χ1n) is 7.60. The van der Waals surface area contributed by atoms with Gasteiger partial charge >= 0.3 is 0 Å². The molecule has 1 aliphatic rings. The summed E-state index contributed by atoms with van der Waals surface area (Å²) in [6, 6.07) is 8.70. The van der Waals surface area contributed by atoms with E-state index in [1.54, 1.807) is 36.3 Å². The van der Waals surface area contributed by atoms with Crippen LogP contribution in [-0.4, -0.2) is 30.2 Å². The van der Waals surface area contributed by atoms with Crippen molar-refractivity contribution < 1.29 is 9.53 Å². The maximum absolute atomic E-state index is 12.8. The molecule has 8 heteroatoms. The third-order valence-electron chi connectivity index (χ3n) is 4.04. The number of nitrogens with one attached hydrogen (secondary N) is 1. The van der Waals surface area contributed by atoms with Gasteiger partial charge in [-0.3, -0.25) is 15.1 Å². The summed E-state index contributed by atoms with van der Waals surface area (Å²) in [4.78, 5) is 22.5. The van der Waals surface area contributed by atoms with Gasteiger partial charge < -0.3 is 16.2 Å². The third kappa shape index (κ3) is 2.94. The Balaban J connectivity index is 2.01. The maximum Gasteiger partial charge on any atom is 0.260 e. The average Bonchev–Trinajstić information content (AvgIpc) is 2.98. The van der Waals surface area contributed by atoms with Crippen molar-refractivity contribution in [3.8, 4) is 5.75 Å². The Bertz CT molecular complexity index is 877. The lowest BCUT2D eigenvalue weighted by Gasteiger charge is -2.15. The number of carbonyl (C=O) groups is 1. The van der Waals surface area contributed by atoms with E-state index in [1.807, 2.05) is 6.07 Å². The van der Waals surface area contributed by atoms with Gasteiger partial charge in [0.2, 0.25) is 0 Å². The van der Waals surface area contributed by atoms with Gasteiger partial charge in [-0.05, 0) is 35.4 Å². The fourth-order valence-electron chi connectivity index (χ4n) is 2.79. The fourth-order valence-corrected chi connectivity index (χ4v) is 2.79. The van der Waals surface area contributed by atoms with E-state index in [1.165, 1.54) is 0 Å². The van der Waals surface area contributed by atoms with Crippen molar-refractivity contribution in [3.05, 3.63) is 52.7 Å². The summed E-state index contributed by atoms with van der Waals surface area (Å²) in [6.07, 6.45) is 0.848. The molecule has 2 heterocycles. The Labute approximate surface area is 144 Å². The summed E-state index contributed by atoms with van der Waals surface area (Å²) < 4.78 is 5.25. The molecule has 2 aromatic rings. The number of fused-ring (bicyclic) bond motifs is 1. The zero-order valence-electron chi connectivity index (χ0n) is 13.7. The van der Waals surface area contributed by atoms with Crippen LogP contribution in [0.3, 0.4) is 0 Å². The van der Waals surface area contributed by atoms with Gasteiger partial charge in [0.1, 0.15) is 23.6 Å². The smallest absolute Gasteiger partial charge is 0.260 e. The number of amides is 1. The number of amidine groups is 1. The van der Waals surface area contributed by atoms with Gasteiger partial charge in [-0.2, -0.15) is 0 Å². The topological polar surface area (TPSA) is 131 Å². The van der Waals surface area contributed by atoms with Gasteiger partial charge in [-0.15, -0.1) is 0 Å². The maximum atomic E-state index is 12.8. The van der Waals surface area contributed by atoms with Crippen molar-refractivity contribution in [2.75, 3.05) is 12.0 Å². The monoisotopic (exact) mass is 338 g/mol. The summed E-state index contributed by atoms with van der Waals surface area (Å²) >= 11 is 0. The molecule has 1 aliphatic heterocycles. The third-order valence-corrected chi connectivity index (χ3v) is 4.04. The minimum atomic E-state index is -0.171. The lowest BCUT2D eigenvalue weighted by Crippen LogP contribution is -2.25. The molecule has 0 saturated heterocycles. The average molecular weight is 338 g/mol. The van der Waals surface area contributed by atoms with Crippen LogP contribution in [0.1, 0.15) is 27.2 Å². The van der Waals surface area contributed by atoms with Crippen LogP contribution < -0.4 is 21.1 Å². The van der Waals surface area contributed by atoms with Crippen molar-refractivity contribution in [1.82, 2.24) is 4.98 Å². The van der Waals surface area contributed by atoms with E-state index in [2.05, 4.69) is 9.98 Å². The Kier molecular flexibility index (Phi) is 4.44. The summed E-state index contributed by atoms with van der Waals surface area (Å²) in [7, 11) is 1.55. The van der Waals surface area contributed by atoms with Crippen LogP contribution in [0.5, 0.6) is 5.75 Å². The highest BCUT2D eigenvalue weighted by atomic mass is 16.5. The van der Waals surface area contributed by atoms with Gasteiger partial charge in [-0.25, -0.2) is 9.98 Å². The minimum absolute atomic E-state index is 0.116. The number of methoxy groups -OCH3 is 1. The molecule has 0 aliphatic carbocycles. The SMILES string of the molecule is COc1cc(CN)c2c(c1)C(=O)N(c1cccc(C(N)=NC=N)n1)C2. The first-order valence-corrected chi connectivity index (χ1v) is 7.60. The van der Waals surface area contributed by atoms with Crippen molar-refractivity contribution in [1.29, 1.82) is 5.41 Å². The predicted molar refractivity (Wildman–Crippen MR) is 95.1 cm³/mol. The zero-order valence-corrected chi connectivity index (χ0v) is 13.7.